The molecule has 1 heterocycles. The van der Waals surface area contributed by atoms with Gasteiger partial charge in [-0.05, 0) is 38.5 Å². The van der Waals surface area contributed by atoms with Crippen LogP contribution >= 0.6 is 0 Å². The highest BCUT2D eigenvalue weighted by molar-refractivity contribution is 5.76. The van der Waals surface area contributed by atoms with Crippen molar-refractivity contribution in [2.75, 3.05) is 13.2 Å². The van der Waals surface area contributed by atoms with E-state index < -0.39 is 49.5 Å². The number of nitrogens with one attached hydrogen (secondary N) is 1. The summed E-state index contributed by atoms with van der Waals surface area (Å²) in [5, 5.41) is 54.0. The molecule has 324 valence electrons. The van der Waals surface area contributed by atoms with E-state index in [1.165, 1.54) is 148 Å². The predicted molar refractivity (Wildman–Crippen MR) is 226 cm³/mol. The zero-order valence-corrected chi connectivity index (χ0v) is 35.4. The van der Waals surface area contributed by atoms with Gasteiger partial charge in [-0.3, -0.25) is 4.79 Å². The Morgan fingerprint density at radius 3 is 1.49 bits per heavy atom. The summed E-state index contributed by atoms with van der Waals surface area (Å²) >= 11 is 0. The molecule has 0 aromatic rings. The highest BCUT2D eigenvalue weighted by Gasteiger charge is 2.44. The summed E-state index contributed by atoms with van der Waals surface area (Å²) < 4.78 is 11.2. The van der Waals surface area contributed by atoms with Crippen LogP contribution in [0.5, 0.6) is 0 Å². The first-order valence-electron chi connectivity index (χ1n) is 23.1. The van der Waals surface area contributed by atoms with Crippen molar-refractivity contribution in [1.29, 1.82) is 0 Å². The fourth-order valence-corrected chi connectivity index (χ4v) is 7.28. The van der Waals surface area contributed by atoms with Crippen molar-refractivity contribution in [3.05, 3.63) is 24.3 Å². The summed E-state index contributed by atoms with van der Waals surface area (Å²) in [4.78, 5) is 12.8. The number of aliphatic hydroxyl groups is 5. The van der Waals surface area contributed by atoms with Crippen LogP contribution in [0, 0.1) is 0 Å². The molecular weight excluding hydrogens is 695 g/mol. The molecule has 55 heavy (non-hydrogen) atoms. The molecule has 1 aliphatic heterocycles. The monoisotopic (exact) mass is 782 g/mol. The molecule has 1 amide bonds. The van der Waals surface area contributed by atoms with Gasteiger partial charge in [0, 0.05) is 6.42 Å². The van der Waals surface area contributed by atoms with E-state index >= 15 is 0 Å². The minimum Gasteiger partial charge on any atom is -0.394 e. The molecule has 0 aromatic heterocycles. The average Bonchev–Trinajstić information content (AvgIpc) is 3.18. The molecule has 1 aliphatic rings. The van der Waals surface area contributed by atoms with Gasteiger partial charge in [0.25, 0.3) is 0 Å². The Bertz CT molecular complexity index is 914. The van der Waals surface area contributed by atoms with E-state index in [1.54, 1.807) is 6.08 Å². The van der Waals surface area contributed by atoms with Gasteiger partial charge < -0.3 is 40.3 Å². The van der Waals surface area contributed by atoms with Crippen molar-refractivity contribution in [1.82, 2.24) is 5.32 Å². The van der Waals surface area contributed by atoms with Crippen LogP contribution in [0.3, 0.4) is 0 Å². The van der Waals surface area contributed by atoms with E-state index in [-0.39, 0.29) is 12.5 Å². The molecule has 0 bridgehead atoms. The van der Waals surface area contributed by atoms with E-state index in [4.69, 9.17) is 9.47 Å². The van der Waals surface area contributed by atoms with Crippen molar-refractivity contribution in [2.45, 2.75) is 249 Å². The third kappa shape index (κ3) is 27.9. The van der Waals surface area contributed by atoms with E-state index in [2.05, 4.69) is 31.3 Å². The largest absolute Gasteiger partial charge is 0.394 e. The molecule has 0 spiro atoms. The number of carbonyl (C=O) groups excluding carboxylic acids is 1. The van der Waals surface area contributed by atoms with Gasteiger partial charge in [0.1, 0.15) is 24.4 Å². The van der Waals surface area contributed by atoms with Crippen LogP contribution in [0.25, 0.3) is 0 Å². The Hall–Kier alpha value is -1.33. The van der Waals surface area contributed by atoms with Crippen molar-refractivity contribution < 1.29 is 39.8 Å². The Labute approximate surface area is 337 Å². The first-order chi connectivity index (χ1) is 26.8. The summed E-state index contributed by atoms with van der Waals surface area (Å²) in [7, 11) is 0. The normalized spacial score (nSPS) is 21.5. The van der Waals surface area contributed by atoms with Gasteiger partial charge in [-0.25, -0.2) is 0 Å². The fourth-order valence-electron chi connectivity index (χ4n) is 7.28. The second kappa shape index (κ2) is 37.0. The van der Waals surface area contributed by atoms with Gasteiger partial charge in [0.05, 0.1) is 25.4 Å². The van der Waals surface area contributed by atoms with Crippen molar-refractivity contribution in [3.63, 3.8) is 0 Å². The summed E-state index contributed by atoms with van der Waals surface area (Å²) in [6.07, 6.45) is 36.8. The molecule has 9 nitrogen and oxygen atoms in total. The molecule has 0 aliphatic carbocycles. The molecule has 6 N–H and O–H groups in total. The Balaban J connectivity index is 2.27. The van der Waals surface area contributed by atoms with E-state index in [0.29, 0.717) is 12.8 Å². The average molecular weight is 782 g/mol. The third-order valence-corrected chi connectivity index (χ3v) is 11.0. The topological polar surface area (TPSA) is 149 Å². The lowest BCUT2D eigenvalue weighted by Crippen LogP contribution is -2.60. The first-order valence-corrected chi connectivity index (χ1v) is 23.1. The van der Waals surface area contributed by atoms with Crippen LogP contribution in [0.4, 0.5) is 0 Å². The second-order valence-electron chi connectivity index (χ2n) is 16.2. The van der Waals surface area contributed by atoms with E-state index in [1.807, 2.05) is 6.08 Å². The molecule has 0 saturated carbocycles. The number of allylic oxidation sites excluding steroid dienone is 3. The number of hydrogen-bond donors (Lipinski definition) is 6. The highest BCUT2D eigenvalue weighted by Crippen LogP contribution is 2.22. The second-order valence-corrected chi connectivity index (χ2v) is 16.2. The van der Waals surface area contributed by atoms with Crippen molar-refractivity contribution in [2.24, 2.45) is 0 Å². The first kappa shape index (κ1) is 51.7. The molecule has 7 unspecified atom stereocenters. The number of rotatable bonds is 38. The zero-order chi connectivity index (χ0) is 40.2. The lowest BCUT2D eigenvalue weighted by molar-refractivity contribution is -0.302. The highest BCUT2D eigenvalue weighted by atomic mass is 16.7. The van der Waals surface area contributed by atoms with Gasteiger partial charge in [-0.2, -0.15) is 0 Å². The Morgan fingerprint density at radius 1 is 0.600 bits per heavy atom. The summed E-state index contributed by atoms with van der Waals surface area (Å²) in [6, 6.07) is -0.815. The number of ether oxygens (including phenoxy) is 2. The maximum atomic E-state index is 12.8. The van der Waals surface area contributed by atoms with Crippen LogP contribution in [0.15, 0.2) is 24.3 Å². The molecule has 1 saturated heterocycles. The van der Waals surface area contributed by atoms with Crippen LogP contribution in [-0.2, 0) is 14.3 Å². The minimum atomic E-state index is -1.57. The van der Waals surface area contributed by atoms with Crippen LogP contribution in [-0.4, -0.2) is 87.5 Å². The number of hydrogen-bond acceptors (Lipinski definition) is 8. The predicted octanol–water partition coefficient (Wildman–Crippen LogP) is 9.50. The van der Waals surface area contributed by atoms with Gasteiger partial charge in [0.2, 0.25) is 5.91 Å². The summed E-state index contributed by atoms with van der Waals surface area (Å²) in [6.45, 7) is 3.72. The van der Waals surface area contributed by atoms with Gasteiger partial charge in [0.15, 0.2) is 6.29 Å². The van der Waals surface area contributed by atoms with Crippen LogP contribution < -0.4 is 5.32 Å². The minimum absolute atomic E-state index is 0.197. The number of aliphatic hydroxyl groups excluding tert-OH is 5. The van der Waals surface area contributed by atoms with Crippen molar-refractivity contribution >= 4 is 5.91 Å². The van der Waals surface area contributed by atoms with Crippen molar-refractivity contribution in [3.8, 4) is 0 Å². The van der Waals surface area contributed by atoms with E-state index in [9.17, 15) is 30.3 Å². The summed E-state index contributed by atoms with van der Waals surface area (Å²) in [5.74, 6) is -0.212. The van der Waals surface area contributed by atoms with E-state index in [0.717, 1.165) is 32.1 Å². The lowest BCUT2D eigenvalue weighted by Gasteiger charge is -2.40. The Morgan fingerprint density at radius 2 is 1.02 bits per heavy atom. The van der Waals surface area contributed by atoms with Crippen LogP contribution in [0.2, 0.25) is 0 Å². The Kier molecular flexibility index (Phi) is 34.7. The van der Waals surface area contributed by atoms with Gasteiger partial charge in [-0.1, -0.05) is 186 Å². The lowest BCUT2D eigenvalue weighted by atomic mass is 9.99. The van der Waals surface area contributed by atoms with Crippen LogP contribution in [0.1, 0.15) is 206 Å². The smallest absolute Gasteiger partial charge is 0.220 e. The number of unbranched alkanes of at least 4 members (excludes halogenated alkanes) is 26. The maximum absolute atomic E-state index is 12.8. The van der Waals surface area contributed by atoms with Gasteiger partial charge in [-0.15, -0.1) is 0 Å². The molecule has 1 rings (SSSR count). The standard InChI is InChI=1S/C46H87NO8/c1-3-5-7-9-11-13-14-15-16-17-18-19-20-21-22-23-24-25-26-28-29-31-33-35-40(49)39(38-54-46-45(53)44(52)43(51)41(37-48)55-46)47-42(50)36-34-32-30-27-12-10-8-6-4-2/h27,30,33,35,39-41,43-46,48-49,51-53H,3-26,28-29,31-32,34,36-38H2,1-2H3,(H,47,50)/b30-27-,35-33+. The molecule has 9 heteroatoms. The summed E-state index contributed by atoms with van der Waals surface area (Å²) in [5.41, 5.74) is 0. The fraction of sp³-hybridized carbons (Fsp3) is 0.891. The SMILES string of the molecule is CCCCCC/C=C\CCCC(=O)NC(COC1OC(CO)C(O)C(O)C1O)C(O)/C=C/CCCCCCCCCCCCCCCCCCCCCCC. The molecule has 0 aromatic carbocycles. The third-order valence-electron chi connectivity index (χ3n) is 11.0. The molecule has 1 fully saturated rings. The van der Waals surface area contributed by atoms with Gasteiger partial charge >= 0.3 is 0 Å². The number of amides is 1. The molecule has 0 radical (unpaired) electrons. The molecular formula is C46H87NO8. The quantitative estimate of drug-likeness (QED) is 0.0268. The number of carbonyl (C=O) groups is 1. The molecule has 7 atom stereocenters. The maximum Gasteiger partial charge on any atom is 0.220 e. The zero-order valence-electron chi connectivity index (χ0n) is 35.4.